The average Bonchev–Trinajstić information content (AvgIpc) is 2.67. The molecular formula is C16H20N2O. The van der Waals surface area contributed by atoms with Gasteiger partial charge in [0, 0.05) is 19.0 Å². The minimum absolute atomic E-state index is 0.564. The summed E-state index contributed by atoms with van der Waals surface area (Å²) in [7, 11) is 1.97. The van der Waals surface area contributed by atoms with Gasteiger partial charge in [-0.25, -0.2) is 0 Å². The molecule has 0 saturated carbocycles. The first-order valence-corrected chi connectivity index (χ1v) is 6.46. The summed E-state index contributed by atoms with van der Waals surface area (Å²) in [6, 6.07) is 10.4. The van der Waals surface area contributed by atoms with Crippen molar-refractivity contribution in [3.8, 4) is 0 Å². The SMILES string of the molecule is C=CCOCc1c(Cc2ccccc2)c(C)nn1C. The summed E-state index contributed by atoms with van der Waals surface area (Å²) < 4.78 is 7.48. The van der Waals surface area contributed by atoms with Crippen LogP contribution in [0, 0.1) is 6.92 Å². The van der Waals surface area contributed by atoms with Crippen LogP contribution in [0.25, 0.3) is 0 Å². The Morgan fingerprint density at radius 2 is 2.05 bits per heavy atom. The lowest BCUT2D eigenvalue weighted by Crippen LogP contribution is -2.04. The molecule has 0 atom stereocenters. The highest BCUT2D eigenvalue weighted by Gasteiger charge is 2.13. The Morgan fingerprint density at radius 1 is 1.32 bits per heavy atom. The maximum absolute atomic E-state index is 5.56. The quantitative estimate of drug-likeness (QED) is 0.587. The monoisotopic (exact) mass is 256 g/mol. The van der Waals surface area contributed by atoms with Crippen LogP contribution in [-0.4, -0.2) is 16.4 Å². The molecule has 1 aromatic heterocycles. The lowest BCUT2D eigenvalue weighted by molar-refractivity contribution is 0.142. The molecule has 0 unspecified atom stereocenters. The van der Waals surface area contributed by atoms with Crippen molar-refractivity contribution in [3.05, 3.63) is 65.5 Å². The molecule has 0 radical (unpaired) electrons. The highest BCUT2D eigenvalue weighted by Crippen LogP contribution is 2.18. The Balaban J connectivity index is 2.21. The highest BCUT2D eigenvalue weighted by molar-refractivity contribution is 5.32. The minimum atomic E-state index is 0.564. The number of aryl methyl sites for hydroxylation is 2. The third kappa shape index (κ3) is 3.32. The second kappa shape index (κ2) is 6.34. The number of nitrogens with zero attached hydrogens (tertiary/aromatic N) is 2. The van der Waals surface area contributed by atoms with Crippen molar-refractivity contribution in [2.45, 2.75) is 20.0 Å². The summed E-state index contributed by atoms with van der Waals surface area (Å²) in [6.45, 7) is 6.85. The molecule has 0 N–H and O–H groups in total. The Bertz CT molecular complexity index is 543. The largest absolute Gasteiger partial charge is 0.371 e. The number of hydrogen-bond donors (Lipinski definition) is 0. The molecule has 100 valence electrons. The van der Waals surface area contributed by atoms with E-state index in [0.717, 1.165) is 17.8 Å². The first-order valence-electron chi connectivity index (χ1n) is 6.46. The third-order valence-corrected chi connectivity index (χ3v) is 3.17. The van der Waals surface area contributed by atoms with Crippen molar-refractivity contribution in [1.82, 2.24) is 9.78 Å². The lowest BCUT2D eigenvalue weighted by Gasteiger charge is -2.07. The zero-order valence-electron chi connectivity index (χ0n) is 11.6. The Hall–Kier alpha value is -1.87. The van der Waals surface area contributed by atoms with Gasteiger partial charge in [-0.15, -0.1) is 6.58 Å². The zero-order chi connectivity index (χ0) is 13.7. The van der Waals surface area contributed by atoms with Crippen molar-refractivity contribution in [1.29, 1.82) is 0 Å². The fourth-order valence-corrected chi connectivity index (χ4v) is 2.20. The van der Waals surface area contributed by atoms with Crippen molar-refractivity contribution in [2.75, 3.05) is 6.61 Å². The number of benzene rings is 1. The third-order valence-electron chi connectivity index (χ3n) is 3.17. The molecule has 2 aromatic rings. The van der Waals surface area contributed by atoms with E-state index in [9.17, 15) is 0 Å². The van der Waals surface area contributed by atoms with Gasteiger partial charge in [0.15, 0.2) is 0 Å². The molecule has 1 heterocycles. The van der Waals surface area contributed by atoms with E-state index in [2.05, 4.69) is 42.9 Å². The van der Waals surface area contributed by atoms with Gasteiger partial charge in [-0.3, -0.25) is 4.68 Å². The zero-order valence-corrected chi connectivity index (χ0v) is 11.6. The lowest BCUT2D eigenvalue weighted by atomic mass is 10.0. The fourth-order valence-electron chi connectivity index (χ4n) is 2.20. The van der Waals surface area contributed by atoms with E-state index in [4.69, 9.17) is 4.74 Å². The number of ether oxygens (including phenoxy) is 1. The van der Waals surface area contributed by atoms with Crippen molar-refractivity contribution < 1.29 is 4.74 Å². The summed E-state index contributed by atoms with van der Waals surface area (Å²) in [4.78, 5) is 0. The van der Waals surface area contributed by atoms with Crippen LogP contribution in [0.5, 0.6) is 0 Å². The van der Waals surface area contributed by atoms with E-state index in [-0.39, 0.29) is 0 Å². The summed E-state index contributed by atoms with van der Waals surface area (Å²) in [6.07, 6.45) is 2.66. The maximum Gasteiger partial charge on any atom is 0.0891 e. The van der Waals surface area contributed by atoms with E-state index >= 15 is 0 Å². The topological polar surface area (TPSA) is 27.1 Å². The highest BCUT2D eigenvalue weighted by atomic mass is 16.5. The predicted octanol–water partition coefficient (Wildman–Crippen LogP) is 3.02. The fraction of sp³-hybridized carbons (Fsp3) is 0.312. The molecule has 0 fully saturated rings. The van der Waals surface area contributed by atoms with E-state index in [1.54, 1.807) is 6.08 Å². The normalized spacial score (nSPS) is 10.6. The molecular weight excluding hydrogens is 236 g/mol. The molecule has 1 aromatic carbocycles. The summed E-state index contributed by atoms with van der Waals surface area (Å²) in [5, 5.41) is 4.50. The van der Waals surface area contributed by atoms with Gasteiger partial charge >= 0.3 is 0 Å². The van der Waals surface area contributed by atoms with Gasteiger partial charge in [-0.1, -0.05) is 36.4 Å². The molecule has 0 spiro atoms. The van der Waals surface area contributed by atoms with E-state index in [1.807, 2.05) is 17.8 Å². The van der Waals surface area contributed by atoms with E-state index < -0.39 is 0 Å². The predicted molar refractivity (Wildman–Crippen MR) is 77.0 cm³/mol. The van der Waals surface area contributed by atoms with Gasteiger partial charge in [0.2, 0.25) is 0 Å². The van der Waals surface area contributed by atoms with Crippen LogP contribution in [0.2, 0.25) is 0 Å². The average molecular weight is 256 g/mol. The standard InChI is InChI=1S/C16H20N2O/c1-4-10-19-12-16-15(13(2)17-18(16)3)11-14-8-6-5-7-9-14/h4-9H,1,10-12H2,2-3H3. The molecule has 0 bridgehead atoms. The van der Waals surface area contributed by atoms with E-state index in [1.165, 1.54) is 11.1 Å². The van der Waals surface area contributed by atoms with Gasteiger partial charge in [-0.2, -0.15) is 5.10 Å². The Labute approximate surface area is 114 Å². The molecule has 0 saturated heterocycles. The molecule has 0 aliphatic carbocycles. The van der Waals surface area contributed by atoms with Gasteiger partial charge in [-0.05, 0) is 12.5 Å². The van der Waals surface area contributed by atoms with Crippen molar-refractivity contribution in [2.24, 2.45) is 7.05 Å². The molecule has 2 rings (SSSR count). The van der Waals surface area contributed by atoms with Crippen LogP contribution < -0.4 is 0 Å². The van der Waals surface area contributed by atoms with Gasteiger partial charge in [0.1, 0.15) is 0 Å². The van der Waals surface area contributed by atoms with Gasteiger partial charge < -0.3 is 4.74 Å². The second-order valence-electron chi connectivity index (χ2n) is 4.60. The number of aromatic nitrogens is 2. The Morgan fingerprint density at radius 3 is 2.74 bits per heavy atom. The van der Waals surface area contributed by atoms with Crippen LogP contribution in [0.1, 0.15) is 22.5 Å². The van der Waals surface area contributed by atoms with Crippen LogP contribution in [0.4, 0.5) is 0 Å². The van der Waals surface area contributed by atoms with Crippen molar-refractivity contribution in [3.63, 3.8) is 0 Å². The van der Waals surface area contributed by atoms with Crippen LogP contribution in [0.15, 0.2) is 43.0 Å². The first-order chi connectivity index (χ1) is 9.22. The molecule has 3 nitrogen and oxygen atoms in total. The van der Waals surface area contributed by atoms with Crippen LogP contribution in [0.3, 0.4) is 0 Å². The Kier molecular flexibility index (Phi) is 4.53. The first kappa shape index (κ1) is 13.6. The van der Waals surface area contributed by atoms with Crippen LogP contribution in [-0.2, 0) is 24.8 Å². The molecule has 0 aliphatic heterocycles. The van der Waals surface area contributed by atoms with Gasteiger partial charge in [0.25, 0.3) is 0 Å². The smallest absolute Gasteiger partial charge is 0.0891 e. The molecule has 0 aliphatic rings. The molecule has 0 amide bonds. The molecule has 3 heteroatoms. The van der Waals surface area contributed by atoms with Crippen molar-refractivity contribution >= 4 is 0 Å². The second-order valence-corrected chi connectivity index (χ2v) is 4.60. The summed E-state index contributed by atoms with van der Waals surface area (Å²) >= 11 is 0. The van der Waals surface area contributed by atoms with E-state index in [0.29, 0.717) is 13.2 Å². The minimum Gasteiger partial charge on any atom is -0.371 e. The van der Waals surface area contributed by atoms with Crippen LogP contribution >= 0.6 is 0 Å². The number of hydrogen-bond acceptors (Lipinski definition) is 2. The summed E-state index contributed by atoms with van der Waals surface area (Å²) in [5.74, 6) is 0. The summed E-state index contributed by atoms with van der Waals surface area (Å²) in [5.41, 5.74) is 4.77. The number of rotatable bonds is 6. The molecule has 19 heavy (non-hydrogen) atoms. The van der Waals surface area contributed by atoms with Gasteiger partial charge in [0.05, 0.1) is 24.6 Å². The maximum atomic E-state index is 5.56.